The monoisotopic (exact) mass is 345 g/mol. The molecule has 0 radical (unpaired) electrons. The van der Waals surface area contributed by atoms with Gasteiger partial charge in [-0.1, -0.05) is 11.6 Å². The minimum Gasteiger partial charge on any atom is -0.472 e. The van der Waals surface area contributed by atoms with E-state index in [0.717, 1.165) is 11.3 Å². The van der Waals surface area contributed by atoms with Gasteiger partial charge in [-0.15, -0.1) is 16.4 Å². The van der Waals surface area contributed by atoms with Crippen molar-refractivity contribution in [3.8, 4) is 5.88 Å². The lowest BCUT2D eigenvalue weighted by atomic mass is 10.3. The first-order valence-electron chi connectivity index (χ1n) is 6.25. The number of sulfonamides is 1. The normalized spacial score (nSPS) is 19.8. The van der Waals surface area contributed by atoms with Crippen molar-refractivity contribution in [1.29, 1.82) is 0 Å². The zero-order chi connectivity index (χ0) is 14.9. The van der Waals surface area contributed by atoms with Crippen LogP contribution in [-0.4, -0.2) is 42.1 Å². The summed E-state index contributed by atoms with van der Waals surface area (Å²) in [6.45, 7) is 0.719. The summed E-state index contributed by atoms with van der Waals surface area (Å²) in [5, 5.41) is 7.56. The van der Waals surface area contributed by atoms with Crippen molar-refractivity contribution in [3.05, 3.63) is 34.8 Å². The first kappa shape index (κ1) is 14.7. The molecule has 1 saturated heterocycles. The number of halogens is 1. The predicted octanol–water partition coefficient (Wildman–Crippen LogP) is 2.03. The van der Waals surface area contributed by atoms with Gasteiger partial charge in [-0.25, -0.2) is 8.42 Å². The van der Waals surface area contributed by atoms with E-state index < -0.39 is 10.0 Å². The lowest BCUT2D eigenvalue weighted by Gasteiger charge is -2.15. The van der Waals surface area contributed by atoms with Gasteiger partial charge in [-0.05, 0) is 24.6 Å². The maximum absolute atomic E-state index is 12.4. The van der Waals surface area contributed by atoms with E-state index in [4.69, 9.17) is 16.3 Å². The third-order valence-corrected chi connectivity index (χ3v) is 6.65. The van der Waals surface area contributed by atoms with E-state index in [9.17, 15) is 8.42 Å². The third-order valence-electron chi connectivity index (χ3n) is 3.09. The predicted molar refractivity (Wildman–Crippen MR) is 79.2 cm³/mol. The van der Waals surface area contributed by atoms with Gasteiger partial charge in [-0.3, -0.25) is 0 Å². The first-order chi connectivity index (χ1) is 10.1. The van der Waals surface area contributed by atoms with Crippen molar-refractivity contribution >= 4 is 33.0 Å². The topological polar surface area (TPSA) is 72.4 Å². The van der Waals surface area contributed by atoms with Gasteiger partial charge in [0, 0.05) is 18.8 Å². The molecule has 112 valence electrons. The third kappa shape index (κ3) is 3.18. The lowest BCUT2D eigenvalue weighted by molar-refractivity contribution is 0.204. The molecule has 2 aromatic rings. The molecule has 0 amide bonds. The second-order valence-corrected chi connectivity index (χ2v) is 8.39. The molecule has 0 N–H and O–H groups in total. The van der Waals surface area contributed by atoms with E-state index in [1.54, 1.807) is 24.4 Å². The number of hydrogen-bond acceptors (Lipinski definition) is 6. The Bertz CT molecular complexity index is 720. The van der Waals surface area contributed by atoms with Crippen LogP contribution >= 0.6 is 22.9 Å². The van der Waals surface area contributed by atoms with E-state index in [0.29, 0.717) is 29.7 Å². The van der Waals surface area contributed by atoms with Crippen LogP contribution in [0.25, 0.3) is 0 Å². The standard InChI is InChI=1S/C12H12ClN3O3S2/c13-10-3-4-12(20-10)21(17,18)16-7-5-9(8-16)19-11-2-1-6-14-15-11/h1-4,6,9H,5,7-8H2/t9-/m1/s1. The van der Waals surface area contributed by atoms with Crippen molar-refractivity contribution in [1.82, 2.24) is 14.5 Å². The van der Waals surface area contributed by atoms with Crippen molar-refractivity contribution < 1.29 is 13.2 Å². The molecule has 0 spiro atoms. The Morgan fingerprint density at radius 3 is 2.90 bits per heavy atom. The molecule has 0 saturated carbocycles. The van der Waals surface area contributed by atoms with Gasteiger partial charge in [0.1, 0.15) is 10.3 Å². The largest absolute Gasteiger partial charge is 0.472 e. The van der Waals surface area contributed by atoms with Crippen molar-refractivity contribution in [2.24, 2.45) is 0 Å². The van der Waals surface area contributed by atoms with Gasteiger partial charge >= 0.3 is 0 Å². The summed E-state index contributed by atoms with van der Waals surface area (Å²) in [5.74, 6) is 0.404. The highest BCUT2D eigenvalue weighted by molar-refractivity contribution is 7.91. The van der Waals surface area contributed by atoms with Crippen LogP contribution in [0.3, 0.4) is 0 Å². The highest BCUT2D eigenvalue weighted by Crippen LogP contribution is 2.30. The second kappa shape index (κ2) is 5.88. The Morgan fingerprint density at radius 2 is 2.24 bits per heavy atom. The zero-order valence-corrected chi connectivity index (χ0v) is 13.2. The van der Waals surface area contributed by atoms with E-state index in [2.05, 4.69) is 10.2 Å². The quantitative estimate of drug-likeness (QED) is 0.847. The summed E-state index contributed by atoms with van der Waals surface area (Å²) in [5.41, 5.74) is 0. The fourth-order valence-corrected chi connectivity index (χ4v) is 5.22. The van der Waals surface area contributed by atoms with Crippen LogP contribution in [-0.2, 0) is 10.0 Å². The maximum atomic E-state index is 12.4. The average Bonchev–Trinajstić information content (AvgIpc) is 3.10. The number of ether oxygens (including phenoxy) is 1. The Labute approximate surface area is 131 Å². The molecule has 21 heavy (non-hydrogen) atoms. The summed E-state index contributed by atoms with van der Waals surface area (Å²) in [7, 11) is -3.49. The number of aromatic nitrogens is 2. The molecule has 1 fully saturated rings. The smallest absolute Gasteiger partial charge is 0.252 e. The maximum Gasteiger partial charge on any atom is 0.252 e. The zero-order valence-electron chi connectivity index (χ0n) is 10.8. The first-order valence-corrected chi connectivity index (χ1v) is 8.89. The van der Waals surface area contributed by atoms with Crippen LogP contribution in [0.2, 0.25) is 4.34 Å². The highest BCUT2D eigenvalue weighted by atomic mass is 35.5. The van der Waals surface area contributed by atoms with Gasteiger partial charge in [0.2, 0.25) is 5.88 Å². The molecule has 0 aromatic carbocycles. The van der Waals surface area contributed by atoms with E-state index in [1.165, 1.54) is 10.4 Å². The Balaban J connectivity index is 1.69. The Hall–Kier alpha value is -1.22. The molecule has 2 aromatic heterocycles. The summed E-state index contributed by atoms with van der Waals surface area (Å²) < 4.78 is 32.6. The van der Waals surface area contributed by atoms with Crippen molar-refractivity contribution in [2.75, 3.05) is 13.1 Å². The van der Waals surface area contributed by atoms with Crippen LogP contribution in [0.1, 0.15) is 6.42 Å². The second-order valence-electron chi connectivity index (χ2n) is 4.51. The molecule has 0 aliphatic carbocycles. The number of hydrogen-bond donors (Lipinski definition) is 0. The van der Waals surface area contributed by atoms with E-state index >= 15 is 0 Å². The molecule has 1 aliphatic heterocycles. The van der Waals surface area contributed by atoms with E-state index in [-0.39, 0.29) is 10.3 Å². The molecular formula is C12H12ClN3O3S2. The van der Waals surface area contributed by atoms with Crippen molar-refractivity contribution in [2.45, 2.75) is 16.7 Å². The van der Waals surface area contributed by atoms with Crippen LogP contribution in [0.5, 0.6) is 5.88 Å². The molecule has 3 heterocycles. The number of nitrogens with zero attached hydrogens (tertiary/aromatic N) is 3. The summed E-state index contributed by atoms with van der Waals surface area (Å²) in [6, 6.07) is 6.53. The van der Waals surface area contributed by atoms with Gasteiger partial charge in [-0.2, -0.15) is 9.40 Å². The summed E-state index contributed by atoms with van der Waals surface area (Å²) in [4.78, 5) is 0. The van der Waals surface area contributed by atoms with Gasteiger partial charge in [0.05, 0.1) is 10.9 Å². The minimum absolute atomic E-state index is 0.216. The summed E-state index contributed by atoms with van der Waals surface area (Å²) >= 11 is 6.86. The molecule has 1 aliphatic rings. The van der Waals surface area contributed by atoms with Gasteiger partial charge < -0.3 is 4.74 Å². The molecule has 9 heteroatoms. The SMILES string of the molecule is O=S(=O)(c1ccc(Cl)s1)N1CC[C@@H](Oc2cccnn2)C1. The highest BCUT2D eigenvalue weighted by Gasteiger charge is 2.34. The number of rotatable bonds is 4. The molecule has 0 unspecified atom stereocenters. The van der Waals surface area contributed by atoms with Gasteiger partial charge in [0.15, 0.2) is 0 Å². The van der Waals surface area contributed by atoms with E-state index in [1.807, 2.05) is 0 Å². The Kier molecular flexibility index (Phi) is 4.12. The minimum atomic E-state index is -3.49. The molecule has 6 nitrogen and oxygen atoms in total. The Morgan fingerprint density at radius 1 is 1.38 bits per heavy atom. The number of thiophene rings is 1. The van der Waals surface area contributed by atoms with Crippen molar-refractivity contribution in [3.63, 3.8) is 0 Å². The fraction of sp³-hybridized carbons (Fsp3) is 0.333. The van der Waals surface area contributed by atoms with Crippen LogP contribution < -0.4 is 4.74 Å². The fourth-order valence-electron chi connectivity index (χ4n) is 2.10. The molecule has 0 bridgehead atoms. The van der Waals surface area contributed by atoms with Crippen LogP contribution in [0.15, 0.2) is 34.7 Å². The molecule has 1 atom stereocenters. The average molecular weight is 346 g/mol. The molecule has 3 rings (SSSR count). The van der Waals surface area contributed by atoms with Gasteiger partial charge in [0.25, 0.3) is 10.0 Å². The lowest BCUT2D eigenvalue weighted by Crippen LogP contribution is -2.30. The molecular weight excluding hydrogens is 334 g/mol. The van der Waals surface area contributed by atoms with Crippen LogP contribution in [0, 0.1) is 0 Å². The van der Waals surface area contributed by atoms with Crippen LogP contribution in [0.4, 0.5) is 0 Å². The summed E-state index contributed by atoms with van der Waals surface area (Å²) in [6.07, 6.45) is 1.96.